The monoisotopic (exact) mass is 212 g/mol. The molecule has 1 aromatic carbocycles. The Morgan fingerprint density at radius 3 is 2.71 bits per heavy atom. The summed E-state index contributed by atoms with van der Waals surface area (Å²) in [4.78, 5) is 0. The average Bonchev–Trinajstić information content (AvgIpc) is 2.17. The molecule has 0 spiro atoms. The number of hydrogen-bond donors (Lipinski definition) is 0. The minimum Gasteiger partial charge on any atom is -0.496 e. The van der Waals surface area contributed by atoms with Crippen molar-refractivity contribution in [2.75, 3.05) is 13.0 Å². The molecule has 0 amide bonds. The minimum absolute atomic E-state index is 0.461. The highest BCUT2D eigenvalue weighted by Crippen LogP contribution is 2.29. The van der Waals surface area contributed by atoms with Crippen LogP contribution < -0.4 is 4.74 Å². The fraction of sp³-hybridized carbons (Fsp3) is 0.500. The first-order valence-corrected chi connectivity index (χ1v) is 5.43. The fourth-order valence-electron chi connectivity index (χ4n) is 1.54. The van der Waals surface area contributed by atoms with Gasteiger partial charge in [0.25, 0.3) is 0 Å². The zero-order valence-electron chi connectivity index (χ0n) is 9.01. The summed E-state index contributed by atoms with van der Waals surface area (Å²) in [6.45, 7) is 4.24. The van der Waals surface area contributed by atoms with Gasteiger partial charge in [-0.1, -0.05) is 19.1 Å². The van der Waals surface area contributed by atoms with Gasteiger partial charge >= 0.3 is 0 Å². The van der Waals surface area contributed by atoms with E-state index in [1.807, 2.05) is 0 Å². The van der Waals surface area contributed by atoms with Gasteiger partial charge < -0.3 is 4.74 Å². The van der Waals surface area contributed by atoms with Crippen molar-refractivity contribution >= 4 is 11.6 Å². The summed E-state index contributed by atoms with van der Waals surface area (Å²) >= 11 is 5.73. The van der Waals surface area contributed by atoms with E-state index in [2.05, 4.69) is 32.0 Å². The molecule has 78 valence electrons. The van der Waals surface area contributed by atoms with Crippen LogP contribution in [0.25, 0.3) is 0 Å². The zero-order chi connectivity index (χ0) is 10.6. The molecule has 1 unspecified atom stereocenters. The number of ether oxygens (including phenoxy) is 1. The van der Waals surface area contributed by atoms with Gasteiger partial charge in [-0.25, -0.2) is 0 Å². The van der Waals surface area contributed by atoms with Crippen molar-refractivity contribution < 1.29 is 4.74 Å². The predicted octanol–water partition coefficient (Wildman–Crippen LogP) is 3.74. The second-order valence-electron chi connectivity index (χ2n) is 3.62. The van der Waals surface area contributed by atoms with Gasteiger partial charge in [-0.3, -0.25) is 0 Å². The molecule has 0 aliphatic heterocycles. The molecule has 1 atom stereocenters. The van der Waals surface area contributed by atoms with Gasteiger partial charge in [0.15, 0.2) is 0 Å². The third kappa shape index (κ3) is 2.65. The lowest BCUT2D eigenvalue weighted by molar-refractivity contribution is 0.405. The first-order chi connectivity index (χ1) is 6.69. The normalized spacial score (nSPS) is 12.6. The van der Waals surface area contributed by atoms with E-state index >= 15 is 0 Å². The number of halogens is 1. The molecule has 14 heavy (non-hydrogen) atoms. The van der Waals surface area contributed by atoms with Gasteiger partial charge in [0.05, 0.1) is 7.11 Å². The molecular weight excluding hydrogens is 196 g/mol. The third-order valence-electron chi connectivity index (χ3n) is 2.46. The van der Waals surface area contributed by atoms with E-state index in [1.165, 1.54) is 11.1 Å². The van der Waals surface area contributed by atoms with Crippen molar-refractivity contribution in [3.05, 3.63) is 29.3 Å². The Kier molecular flexibility index (Phi) is 4.27. The van der Waals surface area contributed by atoms with Gasteiger partial charge in [0.1, 0.15) is 5.75 Å². The molecule has 0 radical (unpaired) electrons. The molecule has 0 saturated carbocycles. The SMILES string of the molecule is COc1cc(C)ccc1C(C)CCCl. The highest BCUT2D eigenvalue weighted by atomic mass is 35.5. The van der Waals surface area contributed by atoms with E-state index < -0.39 is 0 Å². The molecule has 0 aliphatic carbocycles. The van der Waals surface area contributed by atoms with Crippen molar-refractivity contribution in [1.82, 2.24) is 0 Å². The van der Waals surface area contributed by atoms with Crippen molar-refractivity contribution in [3.63, 3.8) is 0 Å². The van der Waals surface area contributed by atoms with Crippen LogP contribution in [-0.2, 0) is 0 Å². The van der Waals surface area contributed by atoms with Crippen LogP contribution in [-0.4, -0.2) is 13.0 Å². The van der Waals surface area contributed by atoms with Crippen LogP contribution in [0.3, 0.4) is 0 Å². The molecule has 0 fully saturated rings. The number of hydrogen-bond acceptors (Lipinski definition) is 1. The summed E-state index contributed by atoms with van der Waals surface area (Å²) < 4.78 is 5.35. The van der Waals surface area contributed by atoms with Gasteiger partial charge in [-0.2, -0.15) is 0 Å². The Balaban J connectivity index is 2.95. The summed E-state index contributed by atoms with van der Waals surface area (Å²) in [5.41, 5.74) is 2.47. The molecule has 0 saturated heterocycles. The van der Waals surface area contributed by atoms with Gasteiger partial charge in [0, 0.05) is 5.88 Å². The predicted molar refractivity (Wildman–Crippen MR) is 61.5 cm³/mol. The Morgan fingerprint density at radius 2 is 2.14 bits per heavy atom. The molecule has 0 aromatic heterocycles. The molecule has 0 aliphatic rings. The number of benzene rings is 1. The van der Waals surface area contributed by atoms with Crippen molar-refractivity contribution in [3.8, 4) is 5.75 Å². The molecule has 2 heteroatoms. The third-order valence-corrected chi connectivity index (χ3v) is 2.68. The lowest BCUT2D eigenvalue weighted by Crippen LogP contribution is -1.98. The number of aryl methyl sites for hydroxylation is 1. The van der Waals surface area contributed by atoms with E-state index in [1.54, 1.807) is 7.11 Å². The molecule has 1 rings (SSSR count). The number of rotatable bonds is 4. The smallest absolute Gasteiger partial charge is 0.122 e. The van der Waals surface area contributed by atoms with Crippen LogP contribution in [0.5, 0.6) is 5.75 Å². The second kappa shape index (κ2) is 5.26. The molecular formula is C12H17ClO. The Hall–Kier alpha value is -0.690. The average molecular weight is 213 g/mol. The van der Waals surface area contributed by atoms with Crippen molar-refractivity contribution in [2.24, 2.45) is 0 Å². The molecule has 0 N–H and O–H groups in total. The topological polar surface area (TPSA) is 9.23 Å². The first-order valence-electron chi connectivity index (χ1n) is 4.89. The van der Waals surface area contributed by atoms with Crippen LogP contribution in [0.4, 0.5) is 0 Å². The van der Waals surface area contributed by atoms with E-state index in [-0.39, 0.29) is 0 Å². The highest BCUT2D eigenvalue weighted by molar-refractivity contribution is 6.17. The standard InChI is InChI=1S/C12H17ClO/c1-9-4-5-11(10(2)6-7-13)12(8-9)14-3/h4-5,8,10H,6-7H2,1-3H3. The van der Waals surface area contributed by atoms with Crippen LogP contribution in [0, 0.1) is 6.92 Å². The van der Waals surface area contributed by atoms with Crippen LogP contribution in [0.15, 0.2) is 18.2 Å². The zero-order valence-corrected chi connectivity index (χ0v) is 9.77. The Labute approximate surface area is 91.0 Å². The summed E-state index contributed by atoms with van der Waals surface area (Å²) in [5, 5.41) is 0. The largest absolute Gasteiger partial charge is 0.496 e. The number of alkyl halides is 1. The first kappa shape index (κ1) is 11.4. The fourth-order valence-corrected chi connectivity index (χ4v) is 1.87. The molecule has 0 heterocycles. The minimum atomic E-state index is 0.461. The lowest BCUT2D eigenvalue weighted by Gasteiger charge is -2.14. The maximum absolute atomic E-state index is 5.73. The maximum Gasteiger partial charge on any atom is 0.122 e. The van der Waals surface area contributed by atoms with Crippen molar-refractivity contribution in [1.29, 1.82) is 0 Å². The second-order valence-corrected chi connectivity index (χ2v) is 4.00. The van der Waals surface area contributed by atoms with E-state index in [0.717, 1.165) is 12.2 Å². The van der Waals surface area contributed by atoms with Gasteiger partial charge in [0.2, 0.25) is 0 Å². The van der Waals surface area contributed by atoms with Crippen molar-refractivity contribution in [2.45, 2.75) is 26.2 Å². The lowest BCUT2D eigenvalue weighted by atomic mass is 9.96. The molecule has 0 bridgehead atoms. The van der Waals surface area contributed by atoms with E-state index in [9.17, 15) is 0 Å². The summed E-state index contributed by atoms with van der Waals surface area (Å²) in [6, 6.07) is 6.31. The van der Waals surface area contributed by atoms with Crippen LogP contribution in [0.2, 0.25) is 0 Å². The van der Waals surface area contributed by atoms with E-state index in [4.69, 9.17) is 16.3 Å². The summed E-state index contributed by atoms with van der Waals surface area (Å²) in [5.74, 6) is 2.13. The Bertz CT molecular complexity index is 296. The molecule has 1 aromatic rings. The van der Waals surface area contributed by atoms with E-state index in [0.29, 0.717) is 11.8 Å². The van der Waals surface area contributed by atoms with Crippen LogP contribution >= 0.6 is 11.6 Å². The quantitative estimate of drug-likeness (QED) is 0.691. The Morgan fingerprint density at radius 1 is 1.43 bits per heavy atom. The summed E-state index contributed by atoms with van der Waals surface area (Å²) in [7, 11) is 1.71. The summed E-state index contributed by atoms with van der Waals surface area (Å²) in [6.07, 6.45) is 0.987. The highest BCUT2D eigenvalue weighted by Gasteiger charge is 2.10. The maximum atomic E-state index is 5.73. The van der Waals surface area contributed by atoms with Crippen LogP contribution in [0.1, 0.15) is 30.4 Å². The number of methoxy groups -OCH3 is 1. The van der Waals surface area contributed by atoms with Gasteiger partial charge in [-0.15, -0.1) is 11.6 Å². The molecule has 1 nitrogen and oxygen atoms in total. The van der Waals surface area contributed by atoms with Gasteiger partial charge in [-0.05, 0) is 36.5 Å².